The van der Waals surface area contributed by atoms with Gasteiger partial charge < -0.3 is 5.11 Å². The Hall–Kier alpha value is -2.75. The second-order valence-corrected chi connectivity index (χ2v) is 9.81. The fourth-order valence-corrected chi connectivity index (χ4v) is 5.44. The number of aromatic carboxylic acids is 1. The highest BCUT2D eigenvalue weighted by atomic mass is 35.5. The summed E-state index contributed by atoms with van der Waals surface area (Å²) in [4.78, 5) is 23.9. The van der Waals surface area contributed by atoms with Gasteiger partial charge in [0.2, 0.25) is 10.0 Å². The van der Waals surface area contributed by atoms with Crippen molar-refractivity contribution in [1.82, 2.24) is 9.73 Å². The van der Waals surface area contributed by atoms with Crippen LogP contribution in [-0.4, -0.2) is 48.5 Å². The molecule has 1 amide bonds. The molecule has 3 rings (SSSR count). The second kappa shape index (κ2) is 10.7. The quantitative estimate of drug-likeness (QED) is 0.445. The summed E-state index contributed by atoms with van der Waals surface area (Å²) < 4.78 is 27.8. The van der Waals surface area contributed by atoms with Gasteiger partial charge in [0, 0.05) is 16.6 Å². The van der Waals surface area contributed by atoms with Crippen LogP contribution in [0.1, 0.15) is 48.0 Å². The first-order valence-corrected chi connectivity index (χ1v) is 12.0. The molecule has 2 N–H and O–H groups in total. The van der Waals surface area contributed by atoms with E-state index in [0.29, 0.717) is 23.4 Å². The summed E-state index contributed by atoms with van der Waals surface area (Å²) in [6, 6.07) is 11.8. The predicted molar refractivity (Wildman–Crippen MR) is 121 cm³/mol. The van der Waals surface area contributed by atoms with Gasteiger partial charge >= 0.3 is 5.97 Å². The Morgan fingerprint density at radius 1 is 1.09 bits per heavy atom. The summed E-state index contributed by atoms with van der Waals surface area (Å²) in [5.41, 5.74) is 2.67. The number of nitrogens with one attached hydrogen (secondary N) is 1. The van der Waals surface area contributed by atoms with Gasteiger partial charge in [-0.05, 0) is 43.2 Å². The molecule has 8 nitrogen and oxygen atoms in total. The van der Waals surface area contributed by atoms with Gasteiger partial charge in [-0.25, -0.2) is 18.6 Å². The highest BCUT2D eigenvalue weighted by molar-refractivity contribution is 7.89. The molecule has 32 heavy (non-hydrogen) atoms. The Morgan fingerprint density at radius 3 is 2.41 bits per heavy atom. The van der Waals surface area contributed by atoms with Crippen molar-refractivity contribution < 1.29 is 23.1 Å². The van der Waals surface area contributed by atoms with Gasteiger partial charge in [-0.3, -0.25) is 4.79 Å². The Bertz CT molecular complexity index is 1100. The maximum absolute atomic E-state index is 13.3. The average molecular weight is 478 g/mol. The van der Waals surface area contributed by atoms with Crippen LogP contribution in [0.2, 0.25) is 5.02 Å². The van der Waals surface area contributed by atoms with Gasteiger partial charge in [0.15, 0.2) is 0 Å². The maximum Gasteiger partial charge on any atom is 0.336 e. The number of rotatable bonds is 8. The van der Waals surface area contributed by atoms with Crippen molar-refractivity contribution in [3.63, 3.8) is 0 Å². The van der Waals surface area contributed by atoms with Crippen LogP contribution in [0.4, 0.5) is 0 Å². The highest BCUT2D eigenvalue weighted by Gasteiger charge is 2.33. The van der Waals surface area contributed by atoms with Crippen molar-refractivity contribution >= 4 is 39.7 Å². The first-order chi connectivity index (χ1) is 15.3. The Kier molecular flexibility index (Phi) is 8.00. The van der Waals surface area contributed by atoms with Crippen molar-refractivity contribution in [2.45, 2.75) is 43.0 Å². The van der Waals surface area contributed by atoms with Crippen LogP contribution in [0.5, 0.6) is 0 Å². The lowest BCUT2D eigenvalue weighted by atomic mass is 9.95. The van der Waals surface area contributed by atoms with Crippen LogP contribution in [0.3, 0.4) is 0 Å². The first kappa shape index (κ1) is 23.9. The zero-order chi connectivity index (χ0) is 23.1. The topological polar surface area (TPSA) is 116 Å². The molecule has 0 unspecified atom stereocenters. The number of carbonyl (C=O) groups is 2. The van der Waals surface area contributed by atoms with E-state index in [-0.39, 0.29) is 16.5 Å². The third kappa shape index (κ3) is 5.93. The summed E-state index contributed by atoms with van der Waals surface area (Å²) in [5.74, 6) is -1.73. The molecule has 0 bridgehead atoms. The molecular formula is C22H24ClN3O5S. The monoisotopic (exact) mass is 477 g/mol. The standard InChI is InChI=1S/C22H24ClN3O5S/c23-17-10-12-19(13-11-17)32(30,31)26(18-7-2-1-3-8-18)15-21(27)25-24-14-16-6-4-5-9-20(16)22(28)29/h4-6,9-14,18H,1-3,7-8,15H2,(H,25,27)(H,28,29)/b24-14+. The lowest BCUT2D eigenvalue weighted by Crippen LogP contribution is -2.46. The van der Waals surface area contributed by atoms with E-state index in [2.05, 4.69) is 10.5 Å². The fourth-order valence-electron chi connectivity index (χ4n) is 3.68. The number of carboxylic acids is 1. The largest absolute Gasteiger partial charge is 0.478 e. The van der Waals surface area contributed by atoms with Gasteiger partial charge in [-0.1, -0.05) is 49.1 Å². The summed E-state index contributed by atoms with van der Waals surface area (Å²) in [6.07, 6.45) is 5.39. The zero-order valence-electron chi connectivity index (χ0n) is 17.3. The van der Waals surface area contributed by atoms with Crippen LogP contribution in [0.25, 0.3) is 0 Å². The lowest BCUT2D eigenvalue weighted by Gasteiger charge is -2.32. The molecular weight excluding hydrogens is 454 g/mol. The third-order valence-electron chi connectivity index (χ3n) is 5.29. The normalized spacial score (nSPS) is 15.2. The van der Waals surface area contributed by atoms with E-state index in [1.54, 1.807) is 18.2 Å². The molecule has 0 radical (unpaired) electrons. The molecule has 1 saturated carbocycles. The van der Waals surface area contributed by atoms with Gasteiger partial charge in [-0.15, -0.1) is 0 Å². The number of amides is 1. The minimum absolute atomic E-state index is 0.0413. The molecule has 0 atom stereocenters. The average Bonchev–Trinajstić information content (AvgIpc) is 2.78. The number of benzene rings is 2. The smallest absolute Gasteiger partial charge is 0.336 e. The molecule has 170 valence electrons. The SMILES string of the molecule is O=C(CN(C1CCCCC1)S(=O)(=O)c1ccc(Cl)cc1)N/N=C/c1ccccc1C(=O)O. The number of hydrazone groups is 1. The number of carboxylic acid groups (broad SMARTS) is 1. The Morgan fingerprint density at radius 2 is 1.75 bits per heavy atom. The number of hydrogen-bond acceptors (Lipinski definition) is 5. The van der Waals surface area contributed by atoms with E-state index in [4.69, 9.17) is 11.6 Å². The van der Waals surface area contributed by atoms with E-state index in [1.165, 1.54) is 40.9 Å². The third-order valence-corrected chi connectivity index (χ3v) is 7.45. The summed E-state index contributed by atoms with van der Waals surface area (Å²) in [5, 5.41) is 13.5. The summed E-state index contributed by atoms with van der Waals surface area (Å²) in [6.45, 7) is -0.395. The summed E-state index contributed by atoms with van der Waals surface area (Å²) >= 11 is 5.89. The molecule has 1 aliphatic carbocycles. The summed E-state index contributed by atoms with van der Waals surface area (Å²) in [7, 11) is -3.92. The Balaban J connectivity index is 1.77. The van der Waals surface area contributed by atoms with E-state index in [9.17, 15) is 23.1 Å². The molecule has 2 aromatic carbocycles. The first-order valence-electron chi connectivity index (χ1n) is 10.2. The van der Waals surface area contributed by atoms with Crippen LogP contribution < -0.4 is 5.43 Å². The number of nitrogens with zero attached hydrogens (tertiary/aromatic N) is 2. The van der Waals surface area contributed by atoms with Crippen LogP contribution in [0, 0.1) is 0 Å². The molecule has 1 fully saturated rings. The minimum atomic E-state index is -3.92. The molecule has 0 spiro atoms. The maximum atomic E-state index is 13.3. The van der Waals surface area contributed by atoms with E-state index >= 15 is 0 Å². The van der Waals surface area contributed by atoms with Gasteiger partial charge in [0.25, 0.3) is 5.91 Å². The number of sulfonamides is 1. The predicted octanol–water partition coefficient (Wildman–Crippen LogP) is 3.51. The van der Waals surface area contributed by atoms with Gasteiger partial charge in [0.1, 0.15) is 0 Å². The van der Waals surface area contributed by atoms with Crippen molar-refractivity contribution in [2.24, 2.45) is 5.10 Å². The number of halogens is 1. The molecule has 0 saturated heterocycles. The fraction of sp³-hybridized carbons (Fsp3) is 0.318. The van der Waals surface area contributed by atoms with Crippen LogP contribution in [-0.2, 0) is 14.8 Å². The molecule has 0 aliphatic heterocycles. The zero-order valence-corrected chi connectivity index (χ0v) is 18.8. The van der Waals surface area contributed by atoms with E-state index in [1.807, 2.05) is 0 Å². The van der Waals surface area contributed by atoms with Crippen molar-refractivity contribution in [3.8, 4) is 0 Å². The number of hydrogen-bond donors (Lipinski definition) is 2. The van der Waals surface area contributed by atoms with Crippen LogP contribution >= 0.6 is 11.6 Å². The molecule has 1 aliphatic rings. The molecule has 2 aromatic rings. The second-order valence-electron chi connectivity index (χ2n) is 7.48. The van der Waals surface area contributed by atoms with E-state index in [0.717, 1.165) is 19.3 Å². The highest BCUT2D eigenvalue weighted by Crippen LogP contribution is 2.28. The molecule has 10 heteroatoms. The van der Waals surface area contributed by atoms with E-state index < -0.39 is 28.4 Å². The Labute approximate surface area is 191 Å². The molecule has 0 heterocycles. The van der Waals surface area contributed by atoms with Crippen LogP contribution in [0.15, 0.2) is 58.5 Å². The number of carbonyl (C=O) groups excluding carboxylic acids is 1. The van der Waals surface area contributed by atoms with Gasteiger partial charge in [0.05, 0.1) is 23.2 Å². The van der Waals surface area contributed by atoms with Crippen molar-refractivity contribution in [1.29, 1.82) is 0 Å². The lowest BCUT2D eigenvalue weighted by molar-refractivity contribution is -0.121. The van der Waals surface area contributed by atoms with Gasteiger partial charge in [-0.2, -0.15) is 9.41 Å². The molecule has 0 aromatic heterocycles. The van der Waals surface area contributed by atoms with Crippen molar-refractivity contribution in [3.05, 3.63) is 64.7 Å². The van der Waals surface area contributed by atoms with Crippen molar-refractivity contribution in [2.75, 3.05) is 6.54 Å². The minimum Gasteiger partial charge on any atom is -0.478 e.